The highest BCUT2D eigenvalue weighted by molar-refractivity contribution is 7.15. The van der Waals surface area contributed by atoms with E-state index in [9.17, 15) is 4.79 Å². The van der Waals surface area contributed by atoms with Crippen molar-refractivity contribution < 1.29 is 14.6 Å². The first-order valence-electron chi connectivity index (χ1n) is 5.11. The molecule has 1 N–H and O–H groups in total. The summed E-state index contributed by atoms with van der Waals surface area (Å²) < 4.78 is 5.16. The van der Waals surface area contributed by atoms with Crippen molar-refractivity contribution >= 4 is 22.4 Å². The average Bonchev–Trinajstić information content (AvgIpc) is 2.59. The first-order chi connectivity index (χ1) is 7.58. The van der Waals surface area contributed by atoms with Gasteiger partial charge in [0.25, 0.3) is 0 Å². The lowest BCUT2D eigenvalue weighted by Gasteiger charge is -2.30. The molecule has 1 saturated heterocycles. The van der Waals surface area contributed by atoms with Gasteiger partial charge in [-0.05, 0) is 13.8 Å². The van der Waals surface area contributed by atoms with Crippen molar-refractivity contribution in [3.8, 4) is 0 Å². The van der Waals surface area contributed by atoms with Crippen LogP contribution in [0.4, 0.5) is 5.13 Å². The van der Waals surface area contributed by atoms with Gasteiger partial charge in [0, 0.05) is 11.4 Å². The second-order valence-corrected chi connectivity index (χ2v) is 4.96. The zero-order valence-corrected chi connectivity index (χ0v) is 10.1. The Labute approximate surface area is 97.7 Å². The molecule has 1 atom stereocenters. The number of carboxylic acids is 1. The predicted molar refractivity (Wildman–Crippen MR) is 61.2 cm³/mol. The minimum atomic E-state index is -0.908. The summed E-state index contributed by atoms with van der Waals surface area (Å²) in [5.41, 5.74) is 1.01. The molecular weight excluding hydrogens is 228 g/mol. The SMILES string of the molecule is Cc1nc(N2CCOC(C(=O)O)C2)sc1C. The van der Waals surface area contributed by atoms with Crippen molar-refractivity contribution in [3.63, 3.8) is 0 Å². The van der Waals surface area contributed by atoms with E-state index in [1.165, 1.54) is 4.88 Å². The van der Waals surface area contributed by atoms with E-state index < -0.39 is 12.1 Å². The van der Waals surface area contributed by atoms with E-state index in [-0.39, 0.29) is 0 Å². The van der Waals surface area contributed by atoms with Crippen LogP contribution in [0.3, 0.4) is 0 Å². The molecule has 0 saturated carbocycles. The molecule has 1 aliphatic heterocycles. The van der Waals surface area contributed by atoms with Gasteiger partial charge in [0.2, 0.25) is 0 Å². The Morgan fingerprint density at radius 2 is 2.38 bits per heavy atom. The van der Waals surface area contributed by atoms with Gasteiger partial charge in [0.05, 0.1) is 18.8 Å². The van der Waals surface area contributed by atoms with E-state index in [1.54, 1.807) is 11.3 Å². The number of carboxylic acid groups (broad SMARTS) is 1. The molecule has 1 aliphatic rings. The van der Waals surface area contributed by atoms with Crippen LogP contribution in [-0.4, -0.2) is 41.9 Å². The van der Waals surface area contributed by atoms with Crippen LogP contribution in [0.25, 0.3) is 0 Å². The van der Waals surface area contributed by atoms with Gasteiger partial charge in [-0.25, -0.2) is 9.78 Å². The summed E-state index contributed by atoms with van der Waals surface area (Å²) in [5, 5.41) is 9.79. The lowest BCUT2D eigenvalue weighted by atomic mass is 10.3. The molecule has 1 aromatic heterocycles. The molecule has 0 amide bonds. The van der Waals surface area contributed by atoms with Crippen LogP contribution < -0.4 is 4.90 Å². The van der Waals surface area contributed by atoms with E-state index in [1.807, 2.05) is 18.7 Å². The zero-order valence-electron chi connectivity index (χ0n) is 9.27. The number of hydrogen-bond acceptors (Lipinski definition) is 5. The topological polar surface area (TPSA) is 62.7 Å². The number of nitrogens with zero attached hydrogens (tertiary/aromatic N) is 2. The molecule has 1 unspecified atom stereocenters. The molecule has 1 fully saturated rings. The largest absolute Gasteiger partial charge is 0.479 e. The van der Waals surface area contributed by atoms with Crippen LogP contribution in [0.1, 0.15) is 10.6 Å². The number of aryl methyl sites for hydroxylation is 2. The van der Waals surface area contributed by atoms with Gasteiger partial charge in [-0.15, -0.1) is 11.3 Å². The molecule has 2 rings (SSSR count). The monoisotopic (exact) mass is 242 g/mol. The Hall–Kier alpha value is -1.14. The number of hydrogen-bond donors (Lipinski definition) is 1. The predicted octanol–water partition coefficient (Wildman–Crippen LogP) is 1.05. The highest BCUT2D eigenvalue weighted by Crippen LogP contribution is 2.26. The van der Waals surface area contributed by atoms with Gasteiger partial charge in [0.15, 0.2) is 11.2 Å². The molecule has 0 bridgehead atoms. The maximum atomic E-state index is 10.8. The van der Waals surface area contributed by atoms with Gasteiger partial charge < -0.3 is 14.7 Å². The third kappa shape index (κ3) is 2.17. The van der Waals surface area contributed by atoms with Gasteiger partial charge >= 0.3 is 5.97 Å². The lowest BCUT2D eigenvalue weighted by Crippen LogP contribution is -2.46. The van der Waals surface area contributed by atoms with Crippen LogP contribution >= 0.6 is 11.3 Å². The fourth-order valence-electron chi connectivity index (χ4n) is 1.56. The summed E-state index contributed by atoms with van der Waals surface area (Å²) >= 11 is 1.60. The number of rotatable bonds is 2. The Morgan fingerprint density at radius 3 is 2.94 bits per heavy atom. The molecule has 0 radical (unpaired) electrons. The summed E-state index contributed by atoms with van der Waals surface area (Å²) in [4.78, 5) is 18.4. The molecule has 16 heavy (non-hydrogen) atoms. The molecule has 88 valence electrons. The van der Waals surface area contributed by atoms with Crippen molar-refractivity contribution in [1.29, 1.82) is 0 Å². The smallest absolute Gasteiger partial charge is 0.334 e. The molecule has 1 aromatic rings. The first-order valence-corrected chi connectivity index (χ1v) is 5.93. The second kappa shape index (κ2) is 4.39. The van der Waals surface area contributed by atoms with Crippen molar-refractivity contribution in [2.24, 2.45) is 0 Å². The fraction of sp³-hybridized carbons (Fsp3) is 0.600. The van der Waals surface area contributed by atoms with Crippen LogP contribution in [-0.2, 0) is 9.53 Å². The van der Waals surface area contributed by atoms with E-state index in [4.69, 9.17) is 9.84 Å². The zero-order chi connectivity index (χ0) is 11.7. The number of thiazole rings is 1. The first kappa shape index (κ1) is 11.3. The van der Waals surface area contributed by atoms with Crippen LogP contribution in [0.2, 0.25) is 0 Å². The summed E-state index contributed by atoms with van der Waals surface area (Å²) in [6, 6.07) is 0. The van der Waals surface area contributed by atoms with Gasteiger partial charge in [0.1, 0.15) is 0 Å². The minimum Gasteiger partial charge on any atom is -0.479 e. The van der Waals surface area contributed by atoms with E-state index >= 15 is 0 Å². The van der Waals surface area contributed by atoms with Crippen LogP contribution in [0.15, 0.2) is 0 Å². The number of carbonyl (C=O) groups is 1. The van der Waals surface area contributed by atoms with Gasteiger partial charge in [-0.2, -0.15) is 0 Å². The number of aliphatic carboxylic acids is 1. The third-order valence-corrected chi connectivity index (χ3v) is 3.76. The summed E-state index contributed by atoms with van der Waals surface area (Å²) in [7, 11) is 0. The standard InChI is InChI=1S/C10H14N2O3S/c1-6-7(2)16-10(11-6)12-3-4-15-8(5-12)9(13)14/h8H,3-5H2,1-2H3,(H,13,14). The Morgan fingerprint density at radius 1 is 1.62 bits per heavy atom. The lowest BCUT2D eigenvalue weighted by molar-refractivity contribution is -0.150. The summed E-state index contributed by atoms with van der Waals surface area (Å²) in [6.45, 7) is 5.50. The number of aromatic nitrogens is 1. The molecular formula is C10H14N2O3S. The highest BCUT2D eigenvalue weighted by atomic mass is 32.1. The molecule has 5 nitrogen and oxygen atoms in total. The van der Waals surface area contributed by atoms with E-state index in [0.29, 0.717) is 19.7 Å². The molecule has 2 heterocycles. The van der Waals surface area contributed by atoms with Gasteiger partial charge in [-0.3, -0.25) is 0 Å². The van der Waals surface area contributed by atoms with Crippen LogP contribution in [0, 0.1) is 13.8 Å². The van der Waals surface area contributed by atoms with Crippen molar-refractivity contribution in [1.82, 2.24) is 4.98 Å². The maximum absolute atomic E-state index is 10.8. The average molecular weight is 242 g/mol. The Bertz CT molecular complexity index is 385. The van der Waals surface area contributed by atoms with E-state index in [2.05, 4.69) is 4.98 Å². The molecule has 6 heteroatoms. The number of ether oxygens (including phenoxy) is 1. The van der Waals surface area contributed by atoms with E-state index in [0.717, 1.165) is 10.8 Å². The van der Waals surface area contributed by atoms with Crippen molar-refractivity contribution in [3.05, 3.63) is 10.6 Å². The second-order valence-electron chi connectivity index (χ2n) is 3.78. The van der Waals surface area contributed by atoms with Crippen molar-refractivity contribution in [2.75, 3.05) is 24.6 Å². The summed E-state index contributed by atoms with van der Waals surface area (Å²) in [5.74, 6) is -0.908. The Kier molecular flexibility index (Phi) is 3.11. The normalized spacial score (nSPS) is 21.1. The molecule has 0 aliphatic carbocycles. The van der Waals surface area contributed by atoms with Crippen molar-refractivity contribution in [2.45, 2.75) is 20.0 Å². The summed E-state index contributed by atoms with van der Waals surface area (Å²) in [6.07, 6.45) is -0.738. The molecule has 0 spiro atoms. The Balaban J connectivity index is 2.12. The van der Waals surface area contributed by atoms with Crippen LogP contribution in [0.5, 0.6) is 0 Å². The quantitative estimate of drug-likeness (QED) is 0.840. The third-order valence-electron chi connectivity index (χ3n) is 2.63. The number of morpholine rings is 1. The van der Waals surface area contributed by atoms with Gasteiger partial charge in [-0.1, -0.05) is 0 Å². The maximum Gasteiger partial charge on any atom is 0.334 e. The number of anilines is 1. The highest BCUT2D eigenvalue weighted by Gasteiger charge is 2.27. The minimum absolute atomic E-state index is 0.377. The molecule has 0 aromatic carbocycles. The fourth-order valence-corrected chi connectivity index (χ4v) is 2.51.